The highest BCUT2D eigenvalue weighted by molar-refractivity contribution is 7.18. The summed E-state index contributed by atoms with van der Waals surface area (Å²) in [6.07, 6.45) is 0.874. The minimum Gasteiger partial charge on any atom is -0.493 e. The Labute approximate surface area is 144 Å². The Hall–Kier alpha value is -2.40. The van der Waals surface area contributed by atoms with Crippen molar-refractivity contribution in [1.82, 2.24) is 10.3 Å². The van der Waals surface area contributed by atoms with Crippen LogP contribution in [0.3, 0.4) is 0 Å². The number of thiazole rings is 1. The molecule has 5 heteroatoms. The molecule has 0 saturated carbocycles. The first-order valence-corrected chi connectivity index (χ1v) is 8.92. The molecule has 1 aromatic heterocycles. The molecular formula is C19H18N2O2S. The average Bonchev–Trinajstić information content (AvgIpc) is 3.24. The smallest absolute Gasteiger partial charge is 0.251 e. The summed E-state index contributed by atoms with van der Waals surface area (Å²) in [5, 5.41) is 4.07. The molecule has 1 amide bonds. The molecular weight excluding hydrogens is 320 g/mol. The number of hydrogen-bond acceptors (Lipinski definition) is 4. The maximum atomic E-state index is 12.4. The van der Waals surface area contributed by atoms with Gasteiger partial charge < -0.3 is 10.1 Å². The fourth-order valence-corrected chi connectivity index (χ4v) is 3.88. The topological polar surface area (TPSA) is 51.2 Å². The Bertz CT molecular complexity index is 870. The maximum Gasteiger partial charge on any atom is 0.251 e. The standard InChI is InChI=1S/C19H18N2O2S/c1-12(19-21-15-4-2-3-5-17(15)24-19)11-20-18(22)14-6-7-16-13(10-14)8-9-23-16/h2-7,10,12H,8-9,11H2,1H3,(H,20,22). The zero-order chi connectivity index (χ0) is 16.5. The van der Waals surface area contributed by atoms with Gasteiger partial charge in [0.2, 0.25) is 0 Å². The van der Waals surface area contributed by atoms with Gasteiger partial charge in [-0.3, -0.25) is 4.79 Å². The molecule has 4 rings (SSSR count). The van der Waals surface area contributed by atoms with Gasteiger partial charge in [0.15, 0.2) is 0 Å². The number of benzene rings is 2. The van der Waals surface area contributed by atoms with E-state index >= 15 is 0 Å². The molecule has 1 aliphatic heterocycles. The van der Waals surface area contributed by atoms with E-state index in [0.717, 1.165) is 28.3 Å². The third-order valence-electron chi connectivity index (χ3n) is 4.25. The van der Waals surface area contributed by atoms with Gasteiger partial charge in [-0.15, -0.1) is 11.3 Å². The Morgan fingerprint density at radius 3 is 3.08 bits per heavy atom. The number of carbonyl (C=O) groups is 1. The van der Waals surface area contributed by atoms with Crippen LogP contribution in [0.15, 0.2) is 42.5 Å². The van der Waals surface area contributed by atoms with E-state index in [-0.39, 0.29) is 11.8 Å². The van der Waals surface area contributed by atoms with Crippen LogP contribution >= 0.6 is 11.3 Å². The molecule has 2 heterocycles. The zero-order valence-electron chi connectivity index (χ0n) is 13.4. The molecule has 0 radical (unpaired) electrons. The number of fused-ring (bicyclic) bond motifs is 2. The predicted octanol–water partition coefficient (Wildman–Crippen LogP) is 3.76. The van der Waals surface area contributed by atoms with Gasteiger partial charge in [-0.25, -0.2) is 4.98 Å². The van der Waals surface area contributed by atoms with Crippen molar-refractivity contribution in [2.75, 3.05) is 13.2 Å². The van der Waals surface area contributed by atoms with Crippen molar-refractivity contribution in [3.8, 4) is 5.75 Å². The third kappa shape index (κ3) is 2.87. The van der Waals surface area contributed by atoms with Crippen LogP contribution in [0.2, 0.25) is 0 Å². The molecule has 0 spiro atoms. The molecule has 1 unspecified atom stereocenters. The summed E-state index contributed by atoms with van der Waals surface area (Å²) in [4.78, 5) is 17.0. The lowest BCUT2D eigenvalue weighted by Crippen LogP contribution is -2.27. The summed E-state index contributed by atoms with van der Waals surface area (Å²) in [5.41, 5.74) is 2.83. The lowest BCUT2D eigenvalue weighted by molar-refractivity contribution is 0.0951. The monoisotopic (exact) mass is 338 g/mol. The molecule has 0 fully saturated rings. The molecule has 0 aliphatic carbocycles. The minimum atomic E-state index is -0.0438. The number of nitrogens with zero attached hydrogens (tertiary/aromatic N) is 1. The molecule has 3 aromatic rings. The van der Waals surface area contributed by atoms with Crippen LogP contribution in [0.5, 0.6) is 5.75 Å². The van der Waals surface area contributed by atoms with Gasteiger partial charge in [-0.2, -0.15) is 0 Å². The van der Waals surface area contributed by atoms with Gasteiger partial charge in [0.05, 0.1) is 21.8 Å². The second kappa shape index (κ2) is 6.24. The van der Waals surface area contributed by atoms with E-state index in [4.69, 9.17) is 4.74 Å². The third-order valence-corrected chi connectivity index (χ3v) is 5.52. The maximum absolute atomic E-state index is 12.4. The summed E-state index contributed by atoms with van der Waals surface area (Å²) in [6, 6.07) is 13.8. The molecule has 0 bridgehead atoms. The lowest BCUT2D eigenvalue weighted by Gasteiger charge is -2.10. The minimum absolute atomic E-state index is 0.0438. The fourth-order valence-electron chi connectivity index (χ4n) is 2.86. The van der Waals surface area contributed by atoms with E-state index in [1.807, 2.05) is 36.4 Å². The predicted molar refractivity (Wildman–Crippen MR) is 96.0 cm³/mol. The number of amides is 1. The van der Waals surface area contributed by atoms with Crippen molar-refractivity contribution in [3.63, 3.8) is 0 Å². The van der Waals surface area contributed by atoms with Crippen LogP contribution < -0.4 is 10.1 Å². The van der Waals surface area contributed by atoms with Gasteiger partial charge >= 0.3 is 0 Å². The normalized spacial score (nSPS) is 14.2. The Balaban J connectivity index is 1.43. The van der Waals surface area contributed by atoms with E-state index in [1.54, 1.807) is 11.3 Å². The molecule has 1 atom stereocenters. The van der Waals surface area contributed by atoms with Crippen molar-refractivity contribution in [1.29, 1.82) is 0 Å². The van der Waals surface area contributed by atoms with Crippen LogP contribution in [0.25, 0.3) is 10.2 Å². The highest BCUT2D eigenvalue weighted by atomic mass is 32.1. The average molecular weight is 338 g/mol. The summed E-state index contributed by atoms with van der Waals surface area (Å²) in [5.74, 6) is 1.04. The first-order chi connectivity index (χ1) is 11.7. The molecule has 24 heavy (non-hydrogen) atoms. The zero-order valence-corrected chi connectivity index (χ0v) is 14.2. The summed E-state index contributed by atoms with van der Waals surface area (Å²) in [7, 11) is 0. The second-order valence-electron chi connectivity index (χ2n) is 6.05. The van der Waals surface area contributed by atoms with Gasteiger partial charge in [0.1, 0.15) is 5.75 Å². The first-order valence-electron chi connectivity index (χ1n) is 8.10. The van der Waals surface area contributed by atoms with Crippen LogP contribution in [0.4, 0.5) is 0 Å². The lowest BCUT2D eigenvalue weighted by atomic mass is 10.1. The van der Waals surface area contributed by atoms with Crippen LogP contribution in [-0.2, 0) is 6.42 Å². The number of para-hydroxylation sites is 1. The number of hydrogen-bond donors (Lipinski definition) is 1. The van der Waals surface area contributed by atoms with Gasteiger partial charge in [0, 0.05) is 24.4 Å². The quantitative estimate of drug-likeness (QED) is 0.788. The summed E-state index contributed by atoms with van der Waals surface area (Å²) >= 11 is 1.69. The number of aromatic nitrogens is 1. The van der Waals surface area contributed by atoms with Crippen LogP contribution in [0.1, 0.15) is 33.8 Å². The van der Waals surface area contributed by atoms with Crippen molar-refractivity contribution in [2.24, 2.45) is 0 Å². The van der Waals surface area contributed by atoms with E-state index in [2.05, 4.69) is 23.3 Å². The second-order valence-corrected chi connectivity index (χ2v) is 7.11. The number of carbonyl (C=O) groups excluding carboxylic acids is 1. The fraction of sp³-hybridized carbons (Fsp3) is 0.263. The van der Waals surface area contributed by atoms with Crippen molar-refractivity contribution >= 4 is 27.5 Å². The number of rotatable bonds is 4. The molecule has 0 saturated heterocycles. The van der Waals surface area contributed by atoms with E-state index in [9.17, 15) is 4.79 Å². The Kier molecular flexibility index (Phi) is 3.94. The van der Waals surface area contributed by atoms with E-state index < -0.39 is 0 Å². The van der Waals surface area contributed by atoms with Crippen LogP contribution in [0, 0.1) is 0 Å². The molecule has 2 aromatic carbocycles. The summed E-state index contributed by atoms with van der Waals surface area (Å²) < 4.78 is 6.66. The van der Waals surface area contributed by atoms with E-state index in [1.165, 1.54) is 4.70 Å². The van der Waals surface area contributed by atoms with Crippen molar-refractivity contribution in [2.45, 2.75) is 19.3 Å². The Morgan fingerprint density at radius 1 is 1.33 bits per heavy atom. The van der Waals surface area contributed by atoms with Gasteiger partial charge in [-0.05, 0) is 35.9 Å². The number of nitrogens with one attached hydrogen (secondary N) is 1. The number of ether oxygens (including phenoxy) is 1. The van der Waals surface area contributed by atoms with Gasteiger partial charge in [0.25, 0.3) is 5.91 Å². The molecule has 1 N–H and O–H groups in total. The van der Waals surface area contributed by atoms with Gasteiger partial charge in [-0.1, -0.05) is 19.1 Å². The van der Waals surface area contributed by atoms with Crippen molar-refractivity contribution < 1.29 is 9.53 Å². The highest BCUT2D eigenvalue weighted by Crippen LogP contribution is 2.28. The molecule has 4 nitrogen and oxygen atoms in total. The Morgan fingerprint density at radius 2 is 2.21 bits per heavy atom. The molecule has 1 aliphatic rings. The summed E-state index contributed by atoms with van der Waals surface area (Å²) in [6.45, 7) is 3.37. The van der Waals surface area contributed by atoms with Crippen LogP contribution in [-0.4, -0.2) is 24.0 Å². The van der Waals surface area contributed by atoms with Crippen molar-refractivity contribution in [3.05, 3.63) is 58.6 Å². The SMILES string of the molecule is CC(CNC(=O)c1ccc2c(c1)CCO2)c1nc2ccccc2s1. The first kappa shape index (κ1) is 15.1. The highest BCUT2D eigenvalue weighted by Gasteiger charge is 2.16. The molecule has 122 valence electrons. The largest absolute Gasteiger partial charge is 0.493 e. The van der Waals surface area contributed by atoms with E-state index in [0.29, 0.717) is 18.7 Å².